The van der Waals surface area contributed by atoms with E-state index in [1.165, 1.54) is 21.9 Å². The number of carbonyl (C=O) groups excluding carboxylic acids is 2. The number of methoxy groups -OCH3 is 1. The van der Waals surface area contributed by atoms with E-state index in [-0.39, 0.29) is 36.8 Å². The molecular formula is C27H28ClFN2O4S. The number of ether oxygens (including phenoxy) is 2. The molecule has 36 heavy (non-hydrogen) atoms. The van der Waals surface area contributed by atoms with E-state index in [4.69, 9.17) is 21.1 Å². The van der Waals surface area contributed by atoms with Crippen LogP contribution < -0.4 is 4.74 Å². The molecule has 2 amide bonds. The molecule has 1 atom stereocenters. The van der Waals surface area contributed by atoms with Gasteiger partial charge in [-0.2, -0.15) is 0 Å². The molecule has 0 spiro atoms. The number of rotatable bonds is 10. The maximum atomic E-state index is 13.6. The minimum atomic E-state index is -0.325. The van der Waals surface area contributed by atoms with Crippen molar-refractivity contribution < 1.29 is 23.5 Å². The average molecular weight is 531 g/mol. The van der Waals surface area contributed by atoms with E-state index in [9.17, 15) is 14.0 Å². The number of fused-ring (bicyclic) bond motifs is 1. The van der Waals surface area contributed by atoms with Gasteiger partial charge in [0.1, 0.15) is 11.6 Å². The average Bonchev–Trinajstić information content (AvgIpc) is 3.36. The Morgan fingerprint density at radius 1 is 1.14 bits per heavy atom. The number of benzene rings is 2. The van der Waals surface area contributed by atoms with Crippen molar-refractivity contribution in [3.8, 4) is 5.75 Å². The monoisotopic (exact) mass is 530 g/mol. The van der Waals surface area contributed by atoms with Gasteiger partial charge in [-0.3, -0.25) is 9.59 Å². The lowest BCUT2D eigenvalue weighted by molar-refractivity contribution is -0.143. The number of carbonyl (C=O) groups is 2. The third kappa shape index (κ3) is 6.43. The van der Waals surface area contributed by atoms with Crippen LogP contribution in [0.1, 0.15) is 28.5 Å². The highest BCUT2D eigenvalue weighted by atomic mass is 35.5. The molecule has 190 valence electrons. The molecule has 6 nitrogen and oxygen atoms in total. The Labute approximate surface area is 219 Å². The molecule has 1 aromatic heterocycles. The smallest absolute Gasteiger partial charge is 0.260 e. The molecule has 4 rings (SSSR count). The predicted octanol–water partition coefficient (Wildman–Crippen LogP) is 4.96. The molecule has 0 radical (unpaired) electrons. The van der Waals surface area contributed by atoms with Crippen LogP contribution in [0.3, 0.4) is 0 Å². The van der Waals surface area contributed by atoms with E-state index < -0.39 is 0 Å². The summed E-state index contributed by atoms with van der Waals surface area (Å²) < 4.78 is 24.4. The maximum absolute atomic E-state index is 13.6. The zero-order valence-electron chi connectivity index (χ0n) is 20.0. The largest absolute Gasteiger partial charge is 0.484 e. The van der Waals surface area contributed by atoms with Crippen molar-refractivity contribution in [3.63, 3.8) is 0 Å². The molecule has 0 saturated heterocycles. The molecule has 1 unspecified atom stereocenters. The number of thiophene rings is 1. The van der Waals surface area contributed by atoms with Crippen molar-refractivity contribution >= 4 is 34.8 Å². The summed E-state index contributed by atoms with van der Waals surface area (Å²) in [6.45, 7) is 1.08. The minimum absolute atomic E-state index is 0.0797. The van der Waals surface area contributed by atoms with Gasteiger partial charge >= 0.3 is 0 Å². The summed E-state index contributed by atoms with van der Waals surface area (Å²) in [5, 5.41) is 2.59. The molecule has 0 N–H and O–H groups in total. The van der Waals surface area contributed by atoms with Crippen molar-refractivity contribution in [2.45, 2.75) is 18.9 Å². The van der Waals surface area contributed by atoms with Crippen molar-refractivity contribution in [1.82, 2.24) is 9.80 Å². The highest BCUT2D eigenvalue weighted by Crippen LogP contribution is 2.38. The Morgan fingerprint density at radius 3 is 2.61 bits per heavy atom. The number of halogens is 2. The number of amides is 2. The Hall–Kier alpha value is -2.94. The Kier molecular flexibility index (Phi) is 8.96. The van der Waals surface area contributed by atoms with E-state index in [0.29, 0.717) is 36.9 Å². The number of nitrogens with zero attached hydrogens (tertiary/aromatic N) is 2. The lowest BCUT2D eigenvalue weighted by atomic mass is 9.93. The van der Waals surface area contributed by atoms with Gasteiger partial charge in [-0.15, -0.1) is 11.3 Å². The van der Waals surface area contributed by atoms with Crippen LogP contribution in [-0.2, 0) is 20.7 Å². The van der Waals surface area contributed by atoms with Gasteiger partial charge in [0.25, 0.3) is 5.91 Å². The lowest BCUT2D eigenvalue weighted by Crippen LogP contribution is -2.48. The minimum Gasteiger partial charge on any atom is -0.484 e. The van der Waals surface area contributed by atoms with Crippen LogP contribution in [0.4, 0.5) is 4.39 Å². The normalized spacial score (nSPS) is 14.9. The summed E-state index contributed by atoms with van der Waals surface area (Å²) >= 11 is 7.58. The molecule has 0 saturated carbocycles. The summed E-state index contributed by atoms with van der Waals surface area (Å²) in [6.07, 6.45) is 1.33. The Morgan fingerprint density at radius 2 is 1.89 bits per heavy atom. The first-order chi connectivity index (χ1) is 17.5. The summed E-state index contributed by atoms with van der Waals surface area (Å²) in [5.74, 6) is -0.263. The standard InChI is InChI=1S/C27H28ClFN2O4S/c1-34-15-2-13-30(26(33)18-35-22-9-5-20(28)6-10-22)17-25(32)31-14-11-24-23(12-16-36-24)27(31)19-3-7-21(29)8-4-19/h3-10,12,16,27H,2,11,13-15,17-18H2,1H3. The molecule has 0 aliphatic carbocycles. The van der Waals surface area contributed by atoms with Crippen LogP contribution >= 0.6 is 22.9 Å². The van der Waals surface area contributed by atoms with Crippen molar-refractivity contribution in [1.29, 1.82) is 0 Å². The van der Waals surface area contributed by atoms with E-state index in [1.807, 2.05) is 11.4 Å². The van der Waals surface area contributed by atoms with Gasteiger partial charge in [-0.05, 0) is 71.8 Å². The first-order valence-corrected chi connectivity index (χ1v) is 13.0. The topological polar surface area (TPSA) is 59.1 Å². The van der Waals surface area contributed by atoms with Crippen molar-refractivity contribution in [2.75, 3.05) is 40.0 Å². The molecule has 0 bridgehead atoms. The van der Waals surface area contributed by atoms with Crippen molar-refractivity contribution in [3.05, 3.63) is 86.8 Å². The predicted molar refractivity (Wildman–Crippen MR) is 138 cm³/mol. The molecule has 2 heterocycles. The van der Waals surface area contributed by atoms with Crippen LogP contribution in [0.2, 0.25) is 5.02 Å². The van der Waals surface area contributed by atoms with Gasteiger partial charge in [0.2, 0.25) is 5.91 Å². The lowest BCUT2D eigenvalue weighted by Gasteiger charge is -2.37. The van der Waals surface area contributed by atoms with Crippen LogP contribution in [0.15, 0.2) is 60.0 Å². The van der Waals surface area contributed by atoms with E-state index in [0.717, 1.165) is 17.5 Å². The second-order valence-corrected chi connectivity index (χ2v) is 9.93. The van der Waals surface area contributed by atoms with Crippen LogP contribution in [0, 0.1) is 5.82 Å². The fourth-order valence-corrected chi connectivity index (χ4v) is 5.33. The zero-order chi connectivity index (χ0) is 25.5. The summed E-state index contributed by atoms with van der Waals surface area (Å²) in [7, 11) is 1.60. The molecule has 1 aliphatic rings. The van der Waals surface area contributed by atoms with Crippen LogP contribution in [-0.4, -0.2) is 61.6 Å². The first kappa shape index (κ1) is 26.1. The summed E-state index contributed by atoms with van der Waals surface area (Å²) in [6, 6.07) is 14.7. The van der Waals surface area contributed by atoms with Gasteiger partial charge < -0.3 is 19.3 Å². The fraction of sp³-hybridized carbons (Fsp3) is 0.333. The third-order valence-corrected chi connectivity index (χ3v) is 7.35. The van der Waals surface area contributed by atoms with E-state index in [2.05, 4.69) is 0 Å². The molecular weight excluding hydrogens is 503 g/mol. The van der Waals surface area contributed by atoms with E-state index >= 15 is 0 Å². The van der Waals surface area contributed by atoms with Gasteiger partial charge in [-0.1, -0.05) is 23.7 Å². The van der Waals surface area contributed by atoms with Gasteiger partial charge in [0, 0.05) is 36.7 Å². The van der Waals surface area contributed by atoms with Crippen LogP contribution in [0.5, 0.6) is 5.75 Å². The third-order valence-electron chi connectivity index (χ3n) is 6.10. The quantitative estimate of drug-likeness (QED) is 0.348. The molecule has 9 heteroatoms. The SMILES string of the molecule is COCCCN(CC(=O)N1CCc2sccc2C1c1ccc(F)cc1)C(=O)COc1ccc(Cl)cc1. The molecule has 0 fully saturated rings. The second-order valence-electron chi connectivity index (χ2n) is 8.49. The summed E-state index contributed by atoms with van der Waals surface area (Å²) in [4.78, 5) is 31.2. The number of hydrogen-bond donors (Lipinski definition) is 0. The fourth-order valence-electron chi connectivity index (χ4n) is 4.30. The Bertz CT molecular complexity index is 1170. The van der Waals surface area contributed by atoms with Gasteiger partial charge in [0.15, 0.2) is 6.61 Å². The van der Waals surface area contributed by atoms with Gasteiger partial charge in [-0.25, -0.2) is 4.39 Å². The molecule has 2 aromatic carbocycles. The maximum Gasteiger partial charge on any atom is 0.260 e. The highest BCUT2D eigenvalue weighted by molar-refractivity contribution is 7.10. The Balaban J connectivity index is 1.50. The number of hydrogen-bond acceptors (Lipinski definition) is 5. The molecule has 1 aliphatic heterocycles. The van der Waals surface area contributed by atoms with Crippen LogP contribution in [0.25, 0.3) is 0 Å². The highest BCUT2D eigenvalue weighted by Gasteiger charge is 2.34. The van der Waals surface area contributed by atoms with Gasteiger partial charge in [0.05, 0.1) is 12.6 Å². The van der Waals surface area contributed by atoms with Crippen molar-refractivity contribution in [2.24, 2.45) is 0 Å². The summed E-state index contributed by atoms with van der Waals surface area (Å²) in [5.41, 5.74) is 1.89. The van der Waals surface area contributed by atoms with E-state index in [1.54, 1.807) is 59.7 Å². The first-order valence-electron chi connectivity index (χ1n) is 11.7. The zero-order valence-corrected chi connectivity index (χ0v) is 21.6. The molecule has 3 aromatic rings. The second kappa shape index (κ2) is 12.3.